The zero-order chi connectivity index (χ0) is 22.3. The normalized spacial score (nSPS) is 11.9. The number of anilines is 1. The van der Waals surface area contributed by atoms with Crippen LogP contribution in [-0.4, -0.2) is 37.5 Å². The van der Waals surface area contributed by atoms with Gasteiger partial charge >= 0.3 is 5.97 Å². The summed E-state index contributed by atoms with van der Waals surface area (Å²) in [6.45, 7) is 7.38. The molecule has 2 rings (SSSR count). The van der Waals surface area contributed by atoms with Crippen LogP contribution in [0.5, 0.6) is 5.75 Å². The fraction of sp³-hybridized carbons (Fsp3) is 0.348. The first kappa shape index (κ1) is 22.9. The Balaban J connectivity index is 1.83. The molecule has 0 saturated heterocycles. The van der Waals surface area contributed by atoms with E-state index in [2.05, 4.69) is 31.4 Å². The van der Waals surface area contributed by atoms with E-state index in [-0.39, 0.29) is 17.9 Å². The lowest BCUT2D eigenvalue weighted by molar-refractivity contribution is -0.152. The Kier molecular flexibility index (Phi) is 7.58. The number of esters is 1. The zero-order valence-corrected chi connectivity index (χ0v) is 17.9. The van der Waals surface area contributed by atoms with Crippen molar-refractivity contribution >= 4 is 23.5 Å². The molecule has 0 heterocycles. The summed E-state index contributed by atoms with van der Waals surface area (Å²) in [5.41, 5.74) is 2.06. The molecule has 2 aromatic carbocycles. The van der Waals surface area contributed by atoms with Gasteiger partial charge in [0.25, 0.3) is 11.8 Å². The van der Waals surface area contributed by atoms with Crippen molar-refractivity contribution in [3.05, 3.63) is 59.7 Å². The Bertz CT molecular complexity index is 901. The first-order valence-corrected chi connectivity index (χ1v) is 9.63. The van der Waals surface area contributed by atoms with Crippen molar-refractivity contribution in [3.8, 4) is 5.75 Å². The van der Waals surface area contributed by atoms with Gasteiger partial charge < -0.3 is 20.1 Å². The third-order valence-corrected chi connectivity index (χ3v) is 4.42. The van der Waals surface area contributed by atoms with Crippen LogP contribution in [0.15, 0.2) is 48.5 Å². The summed E-state index contributed by atoms with van der Waals surface area (Å²) in [7, 11) is 1.53. The molecule has 160 valence electrons. The topological polar surface area (TPSA) is 93.7 Å². The molecular formula is C23H28N2O5. The van der Waals surface area contributed by atoms with Gasteiger partial charge in [-0.1, -0.05) is 39.0 Å². The van der Waals surface area contributed by atoms with Crippen molar-refractivity contribution in [2.75, 3.05) is 19.0 Å². The first-order chi connectivity index (χ1) is 14.1. The van der Waals surface area contributed by atoms with Gasteiger partial charge in [-0.25, -0.2) is 0 Å². The second kappa shape index (κ2) is 9.91. The minimum absolute atomic E-state index is 0.0135. The SMILES string of the molecule is COc1cccc(NC(=O)[C@@H](C)OC(=O)CNC(=O)c2ccc(C(C)(C)C)cc2)c1. The van der Waals surface area contributed by atoms with Gasteiger partial charge in [0.05, 0.1) is 7.11 Å². The summed E-state index contributed by atoms with van der Waals surface area (Å²) in [6, 6.07) is 14.0. The lowest BCUT2D eigenvalue weighted by Crippen LogP contribution is -2.35. The zero-order valence-electron chi connectivity index (χ0n) is 17.9. The van der Waals surface area contributed by atoms with Crippen LogP contribution >= 0.6 is 0 Å². The Labute approximate surface area is 176 Å². The summed E-state index contributed by atoms with van der Waals surface area (Å²) in [5.74, 6) is -0.986. The lowest BCUT2D eigenvalue weighted by atomic mass is 9.87. The monoisotopic (exact) mass is 412 g/mol. The highest BCUT2D eigenvalue weighted by Crippen LogP contribution is 2.22. The predicted molar refractivity (Wildman–Crippen MR) is 115 cm³/mol. The molecule has 0 aliphatic rings. The Morgan fingerprint density at radius 2 is 1.70 bits per heavy atom. The molecule has 2 aromatic rings. The van der Waals surface area contributed by atoms with E-state index in [1.54, 1.807) is 36.4 Å². The number of carbonyl (C=O) groups is 3. The quantitative estimate of drug-likeness (QED) is 0.681. The van der Waals surface area contributed by atoms with Gasteiger partial charge in [-0.15, -0.1) is 0 Å². The van der Waals surface area contributed by atoms with Crippen molar-refractivity contribution in [3.63, 3.8) is 0 Å². The van der Waals surface area contributed by atoms with Crippen molar-refractivity contribution < 1.29 is 23.9 Å². The largest absolute Gasteiger partial charge is 0.497 e. The summed E-state index contributed by atoms with van der Waals surface area (Å²) in [6.07, 6.45) is -1.02. The molecule has 0 radical (unpaired) electrons. The van der Waals surface area contributed by atoms with Crippen LogP contribution in [0.1, 0.15) is 43.6 Å². The first-order valence-electron chi connectivity index (χ1n) is 9.63. The van der Waals surface area contributed by atoms with Crippen LogP contribution in [0.2, 0.25) is 0 Å². The number of nitrogens with one attached hydrogen (secondary N) is 2. The van der Waals surface area contributed by atoms with Gasteiger partial charge in [0.1, 0.15) is 12.3 Å². The van der Waals surface area contributed by atoms with Crippen LogP contribution < -0.4 is 15.4 Å². The Hall–Kier alpha value is -3.35. The Morgan fingerprint density at radius 3 is 2.30 bits per heavy atom. The van der Waals surface area contributed by atoms with Crippen molar-refractivity contribution in [2.24, 2.45) is 0 Å². The molecule has 2 amide bonds. The molecule has 0 aliphatic heterocycles. The number of methoxy groups -OCH3 is 1. The molecule has 0 saturated carbocycles. The summed E-state index contributed by atoms with van der Waals surface area (Å²) >= 11 is 0. The van der Waals surface area contributed by atoms with E-state index >= 15 is 0 Å². The van der Waals surface area contributed by atoms with E-state index in [0.717, 1.165) is 5.56 Å². The van der Waals surface area contributed by atoms with E-state index in [9.17, 15) is 14.4 Å². The second-order valence-corrected chi connectivity index (χ2v) is 7.86. The highest BCUT2D eigenvalue weighted by atomic mass is 16.5. The van der Waals surface area contributed by atoms with Gasteiger partial charge in [0, 0.05) is 17.3 Å². The molecule has 0 aliphatic carbocycles. The average molecular weight is 412 g/mol. The van der Waals surface area contributed by atoms with Crippen molar-refractivity contribution in [2.45, 2.75) is 39.2 Å². The van der Waals surface area contributed by atoms with Crippen molar-refractivity contribution in [1.82, 2.24) is 5.32 Å². The van der Waals surface area contributed by atoms with E-state index in [4.69, 9.17) is 9.47 Å². The third kappa shape index (κ3) is 6.62. The van der Waals surface area contributed by atoms with Gasteiger partial charge in [-0.2, -0.15) is 0 Å². The number of rotatable bonds is 7. The fourth-order valence-electron chi connectivity index (χ4n) is 2.61. The fourth-order valence-corrected chi connectivity index (χ4v) is 2.61. The number of ether oxygens (including phenoxy) is 2. The number of amides is 2. The van der Waals surface area contributed by atoms with Crippen LogP contribution in [0.3, 0.4) is 0 Å². The molecular weight excluding hydrogens is 384 g/mol. The molecule has 7 nitrogen and oxygen atoms in total. The minimum atomic E-state index is -1.02. The Morgan fingerprint density at radius 1 is 1.03 bits per heavy atom. The number of hydrogen-bond donors (Lipinski definition) is 2. The second-order valence-electron chi connectivity index (χ2n) is 7.86. The van der Waals surface area contributed by atoms with Gasteiger partial charge in [-0.05, 0) is 42.2 Å². The maximum Gasteiger partial charge on any atom is 0.326 e. The molecule has 0 spiro atoms. The average Bonchev–Trinajstić information content (AvgIpc) is 2.71. The highest BCUT2D eigenvalue weighted by molar-refractivity contribution is 5.97. The molecule has 2 N–H and O–H groups in total. The number of hydrogen-bond acceptors (Lipinski definition) is 5. The highest BCUT2D eigenvalue weighted by Gasteiger charge is 2.19. The van der Waals surface area contributed by atoms with Gasteiger partial charge in [0.2, 0.25) is 0 Å². The maximum absolute atomic E-state index is 12.2. The molecule has 0 fully saturated rings. The molecule has 0 bridgehead atoms. The smallest absolute Gasteiger partial charge is 0.326 e. The van der Waals surface area contributed by atoms with Crippen LogP contribution in [0.25, 0.3) is 0 Å². The predicted octanol–water partition coefficient (Wildman–Crippen LogP) is 3.29. The molecule has 7 heteroatoms. The van der Waals surface area contributed by atoms with Crippen LogP contribution in [0.4, 0.5) is 5.69 Å². The summed E-state index contributed by atoms with van der Waals surface area (Å²) in [4.78, 5) is 36.4. The molecule has 0 aromatic heterocycles. The standard InChI is InChI=1S/C23H28N2O5/c1-15(21(27)25-18-7-6-8-19(13-18)29-5)30-20(26)14-24-22(28)16-9-11-17(12-10-16)23(2,3)4/h6-13,15H,14H2,1-5H3,(H,24,28)(H,25,27)/t15-/m1/s1. The lowest BCUT2D eigenvalue weighted by Gasteiger charge is -2.19. The summed E-state index contributed by atoms with van der Waals surface area (Å²) < 4.78 is 10.2. The number of carbonyl (C=O) groups excluding carboxylic acids is 3. The van der Waals surface area contributed by atoms with E-state index in [1.165, 1.54) is 14.0 Å². The van der Waals surface area contributed by atoms with E-state index in [1.807, 2.05) is 12.1 Å². The van der Waals surface area contributed by atoms with E-state index < -0.39 is 18.0 Å². The minimum Gasteiger partial charge on any atom is -0.497 e. The third-order valence-electron chi connectivity index (χ3n) is 4.42. The van der Waals surface area contributed by atoms with E-state index in [0.29, 0.717) is 17.0 Å². The van der Waals surface area contributed by atoms with Crippen molar-refractivity contribution in [1.29, 1.82) is 0 Å². The molecule has 0 unspecified atom stereocenters. The van der Waals surface area contributed by atoms with Gasteiger partial charge in [-0.3, -0.25) is 14.4 Å². The molecule has 30 heavy (non-hydrogen) atoms. The maximum atomic E-state index is 12.2. The molecule has 1 atom stereocenters. The van der Waals surface area contributed by atoms with Crippen LogP contribution in [-0.2, 0) is 19.7 Å². The number of benzene rings is 2. The van der Waals surface area contributed by atoms with Crippen LogP contribution in [0, 0.1) is 0 Å². The van der Waals surface area contributed by atoms with Gasteiger partial charge in [0.15, 0.2) is 6.10 Å². The summed E-state index contributed by atoms with van der Waals surface area (Å²) in [5, 5.41) is 5.15.